The first-order chi connectivity index (χ1) is 29.3. The first kappa shape index (κ1) is 52.4. The van der Waals surface area contributed by atoms with E-state index in [9.17, 15) is 34.8 Å². The third-order valence-electron chi connectivity index (χ3n) is 13.0. The Morgan fingerprint density at radius 2 is 1.48 bits per heavy atom. The summed E-state index contributed by atoms with van der Waals surface area (Å²) in [6, 6.07) is -0.647. The van der Waals surface area contributed by atoms with Gasteiger partial charge in [0.05, 0.1) is 55.7 Å². The van der Waals surface area contributed by atoms with Crippen molar-refractivity contribution in [2.75, 3.05) is 34.9 Å². The van der Waals surface area contributed by atoms with E-state index in [0.29, 0.717) is 24.8 Å². The van der Waals surface area contributed by atoms with E-state index < -0.39 is 134 Å². The number of carbonyl (C=O) groups is 3. The van der Waals surface area contributed by atoms with Crippen molar-refractivity contribution < 1.29 is 77.4 Å². The molecule has 20 unspecified atom stereocenters. The summed E-state index contributed by atoms with van der Waals surface area (Å²) in [6.07, 6.45) is -5.69. The van der Waals surface area contributed by atoms with Gasteiger partial charge in [0.1, 0.15) is 42.9 Å². The van der Waals surface area contributed by atoms with Crippen molar-refractivity contribution in [2.45, 2.75) is 185 Å². The first-order valence-corrected chi connectivity index (χ1v) is 22.2. The van der Waals surface area contributed by atoms with E-state index in [2.05, 4.69) is 0 Å². The van der Waals surface area contributed by atoms with Gasteiger partial charge in [-0.2, -0.15) is 0 Å². The summed E-state index contributed by atoms with van der Waals surface area (Å²) in [4.78, 5) is 41.5. The molecule has 20 atom stereocenters. The molecule has 4 rings (SSSR count). The molecule has 0 aromatic carbocycles. The number of aliphatic hydroxyl groups is 4. The average Bonchev–Trinajstić information content (AvgIpc) is 3.22. The van der Waals surface area contributed by atoms with E-state index in [1.165, 1.54) is 20.3 Å². The highest BCUT2D eigenvalue weighted by Gasteiger charge is 2.50. The number of aldehydes is 1. The maximum atomic E-state index is 13.7. The number of methoxy groups -OCH3 is 2. The third-order valence-corrected chi connectivity index (χ3v) is 13.0. The van der Waals surface area contributed by atoms with Crippen molar-refractivity contribution in [3.05, 3.63) is 23.8 Å². The van der Waals surface area contributed by atoms with Gasteiger partial charge in [0, 0.05) is 44.8 Å². The number of hydrogen-bond acceptors (Lipinski definition) is 17. The fraction of sp³-hybridized carbons (Fsp3) is 0.844. The molecule has 4 aliphatic heterocycles. The van der Waals surface area contributed by atoms with Crippen molar-refractivity contribution in [1.29, 1.82) is 0 Å². The summed E-state index contributed by atoms with van der Waals surface area (Å²) in [7, 11) is 6.54. The van der Waals surface area contributed by atoms with Gasteiger partial charge < -0.3 is 72.8 Å². The molecule has 356 valence electrons. The largest absolute Gasteiger partial charge is 0.462 e. The van der Waals surface area contributed by atoms with Crippen LogP contribution in [-0.4, -0.2) is 176 Å². The minimum Gasteiger partial charge on any atom is -0.462 e. The van der Waals surface area contributed by atoms with Crippen LogP contribution in [0.2, 0.25) is 0 Å². The number of ketones is 1. The highest BCUT2D eigenvalue weighted by molar-refractivity contribution is 5.91. The monoisotopic (exact) mass is 886 g/mol. The number of allylic oxidation sites excluding steroid dienone is 3. The van der Waals surface area contributed by atoms with Gasteiger partial charge in [-0.1, -0.05) is 38.5 Å². The highest BCUT2D eigenvalue weighted by atomic mass is 16.7. The maximum absolute atomic E-state index is 13.7. The van der Waals surface area contributed by atoms with E-state index >= 15 is 0 Å². The van der Waals surface area contributed by atoms with Crippen LogP contribution in [0.15, 0.2) is 23.8 Å². The third kappa shape index (κ3) is 13.4. The number of cyclic esters (lactones) is 1. The van der Waals surface area contributed by atoms with Gasteiger partial charge in [-0.3, -0.25) is 9.59 Å². The molecule has 0 aromatic rings. The standard InChI is InChI=1S/C45H75NO16/c1-12-34-30(22-56-45-43(55-11)42(54-10)38(52)27(6)58-45)19-23(2)13-14-31(48)24(3)20-29(17-18-47)40(25(4)33(50)21-35(51)60-34)62-44-39(53)37(46(8)9)41(28(7)59-44)61-36-16-15-32(49)26(5)57-36/h13-14,18-19,24-30,32-34,36-45,49-50,52-53H,12,15-17,20-22H2,1-11H3. The van der Waals surface area contributed by atoms with Gasteiger partial charge in [-0.25, -0.2) is 0 Å². The summed E-state index contributed by atoms with van der Waals surface area (Å²) in [6.45, 7) is 12.4. The molecule has 0 spiro atoms. The summed E-state index contributed by atoms with van der Waals surface area (Å²) >= 11 is 0. The van der Waals surface area contributed by atoms with Crippen molar-refractivity contribution in [1.82, 2.24) is 4.90 Å². The zero-order valence-corrected chi connectivity index (χ0v) is 38.4. The Morgan fingerprint density at radius 1 is 0.806 bits per heavy atom. The second kappa shape index (κ2) is 24.3. The molecule has 3 saturated heterocycles. The second-order valence-electron chi connectivity index (χ2n) is 17.9. The predicted octanol–water partition coefficient (Wildman–Crippen LogP) is 2.47. The molecule has 4 heterocycles. The highest BCUT2D eigenvalue weighted by Crippen LogP contribution is 2.36. The Bertz CT molecular complexity index is 1480. The smallest absolute Gasteiger partial charge is 0.308 e. The van der Waals surface area contributed by atoms with Crippen molar-refractivity contribution in [3.8, 4) is 0 Å². The van der Waals surface area contributed by atoms with Crippen LogP contribution < -0.4 is 0 Å². The number of nitrogens with zero attached hydrogens (tertiary/aromatic N) is 1. The molecular weight excluding hydrogens is 810 g/mol. The number of likely N-dealkylation sites (N-methyl/N-ethyl adjacent to an activating group) is 1. The van der Waals surface area contributed by atoms with Crippen LogP contribution in [0.1, 0.15) is 87.0 Å². The number of esters is 1. The van der Waals surface area contributed by atoms with E-state index in [1.807, 2.05) is 24.8 Å². The fourth-order valence-corrected chi connectivity index (χ4v) is 9.14. The van der Waals surface area contributed by atoms with Crippen LogP contribution in [0.3, 0.4) is 0 Å². The molecule has 0 aliphatic carbocycles. The van der Waals surface area contributed by atoms with Crippen LogP contribution in [0.5, 0.6) is 0 Å². The van der Waals surface area contributed by atoms with Gasteiger partial charge in [0.15, 0.2) is 24.7 Å². The lowest BCUT2D eigenvalue weighted by atomic mass is 9.79. The molecular formula is C45H75NO16. The molecule has 0 saturated carbocycles. The second-order valence-corrected chi connectivity index (χ2v) is 17.9. The van der Waals surface area contributed by atoms with Gasteiger partial charge in [0.2, 0.25) is 0 Å². The van der Waals surface area contributed by atoms with Crippen LogP contribution in [0.25, 0.3) is 0 Å². The Hall–Kier alpha value is -2.23. The van der Waals surface area contributed by atoms with Crippen LogP contribution in [0, 0.1) is 23.7 Å². The molecule has 0 aromatic heterocycles. The van der Waals surface area contributed by atoms with E-state index in [-0.39, 0.29) is 25.2 Å². The zero-order chi connectivity index (χ0) is 46.0. The summed E-state index contributed by atoms with van der Waals surface area (Å²) in [5.74, 6) is -3.44. The van der Waals surface area contributed by atoms with Crippen LogP contribution >= 0.6 is 0 Å². The minimum absolute atomic E-state index is 0.00520. The normalized spacial score (nSPS) is 43.3. The van der Waals surface area contributed by atoms with E-state index in [0.717, 1.165) is 6.29 Å². The lowest BCUT2D eigenvalue weighted by molar-refractivity contribution is -0.332. The number of carbonyl (C=O) groups excluding carboxylic acids is 3. The maximum Gasteiger partial charge on any atom is 0.308 e. The summed E-state index contributed by atoms with van der Waals surface area (Å²) < 4.78 is 54.7. The summed E-state index contributed by atoms with van der Waals surface area (Å²) in [5, 5.41) is 44.5. The quantitative estimate of drug-likeness (QED) is 0.154. The van der Waals surface area contributed by atoms with Gasteiger partial charge in [-0.05, 0) is 73.0 Å². The molecule has 17 nitrogen and oxygen atoms in total. The first-order valence-electron chi connectivity index (χ1n) is 22.2. The number of hydrogen-bond donors (Lipinski definition) is 4. The SMILES string of the molecule is CCC1OC(=O)CC(O)C(C)C(OC2OC(C)C(OC3CCC(O)C(C)O3)C(N(C)C)C2O)C(CC=O)CC(C)C(=O)C=CC(C)=CC1COC1OC(C)C(O)C(OC)C1OC. The predicted molar refractivity (Wildman–Crippen MR) is 224 cm³/mol. The van der Waals surface area contributed by atoms with Crippen molar-refractivity contribution >= 4 is 18.0 Å². The Balaban J connectivity index is 1.61. The number of ether oxygens (including phenoxy) is 9. The molecule has 0 bridgehead atoms. The zero-order valence-electron chi connectivity index (χ0n) is 38.4. The van der Waals surface area contributed by atoms with E-state index in [1.54, 1.807) is 54.8 Å². The van der Waals surface area contributed by atoms with Gasteiger partial charge >= 0.3 is 5.97 Å². The average molecular weight is 886 g/mol. The van der Waals surface area contributed by atoms with Crippen molar-refractivity contribution in [2.24, 2.45) is 23.7 Å². The molecule has 0 amide bonds. The fourth-order valence-electron chi connectivity index (χ4n) is 9.14. The topological polar surface area (TPSA) is 218 Å². The lowest BCUT2D eigenvalue weighted by Crippen LogP contribution is -2.64. The number of aliphatic hydroxyl groups excluding tert-OH is 4. The minimum atomic E-state index is -1.33. The van der Waals surface area contributed by atoms with Crippen LogP contribution in [-0.2, 0) is 57.0 Å². The van der Waals surface area contributed by atoms with Crippen LogP contribution in [0.4, 0.5) is 0 Å². The Labute approximate surface area is 367 Å². The van der Waals surface area contributed by atoms with Gasteiger partial charge in [0.25, 0.3) is 0 Å². The molecule has 62 heavy (non-hydrogen) atoms. The Kier molecular flexibility index (Phi) is 20.6. The lowest BCUT2D eigenvalue weighted by Gasteiger charge is -2.49. The Morgan fingerprint density at radius 3 is 2.10 bits per heavy atom. The van der Waals surface area contributed by atoms with E-state index in [4.69, 9.17) is 42.6 Å². The summed E-state index contributed by atoms with van der Waals surface area (Å²) in [5.41, 5.74) is 0.698. The molecule has 0 radical (unpaired) electrons. The van der Waals surface area contributed by atoms with Gasteiger partial charge in [-0.15, -0.1) is 0 Å². The molecule has 3 fully saturated rings. The molecule has 4 aliphatic rings. The number of rotatable bonds is 13. The molecule has 4 N–H and O–H groups in total. The molecule has 17 heteroatoms. The van der Waals surface area contributed by atoms with Crippen molar-refractivity contribution in [3.63, 3.8) is 0 Å².